The zero-order valence-corrected chi connectivity index (χ0v) is 17.9. The van der Waals surface area contributed by atoms with Gasteiger partial charge in [0.05, 0.1) is 6.26 Å². The van der Waals surface area contributed by atoms with Gasteiger partial charge in [-0.25, -0.2) is 0 Å². The van der Waals surface area contributed by atoms with E-state index >= 15 is 0 Å². The number of nitrogens with zero attached hydrogens (tertiary/aromatic N) is 1. The van der Waals surface area contributed by atoms with E-state index in [-0.39, 0.29) is 17.6 Å². The maximum absolute atomic E-state index is 13.5. The van der Waals surface area contributed by atoms with Crippen LogP contribution in [0.1, 0.15) is 55.4 Å². The largest absolute Gasteiger partial charge is 0.459 e. The zero-order valence-electron chi connectivity index (χ0n) is 17.9. The van der Waals surface area contributed by atoms with Gasteiger partial charge in [-0.3, -0.25) is 14.5 Å². The standard InChI is InChI=1S/C25H28N2O3/c1-5-18-13-15-20(16-14-18)27(24(29)21-12-9-17-30-21)22(19-10-7-6-8-11-19)23(28)26-25(2,3)4/h6-17,22H,5H2,1-4H3,(H,26,28)/t22-/m0/s1. The Hall–Kier alpha value is -3.34. The first-order valence-electron chi connectivity index (χ1n) is 10.1. The molecule has 5 heteroatoms. The smallest absolute Gasteiger partial charge is 0.294 e. The number of nitrogens with one attached hydrogen (secondary N) is 1. The minimum absolute atomic E-state index is 0.180. The molecule has 0 aliphatic heterocycles. The van der Waals surface area contributed by atoms with E-state index in [0.717, 1.165) is 17.5 Å². The second-order valence-electron chi connectivity index (χ2n) is 8.22. The van der Waals surface area contributed by atoms with Crippen LogP contribution >= 0.6 is 0 Å². The van der Waals surface area contributed by atoms with Gasteiger partial charge in [-0.05, 0) is 62.6 Å². The number of furan rings is 1. The van der Waals surface area contributed by atoms with Crippen LogP contribution in [0.15, 0.2) is 77.4 Å². The first-order chi connectivity index (χ1) is 14.3. The van der Waals surface area contributed by atoms with Crippen LogP contribution in [0.3, 0.4) is 0 Å². The van der Waals surface area contributed by atoms with Crippen molar-refractivity contribution in [1.82, 2.24) is 5.32 Å². The molecule has 0 fully saturated rings. The van der Waals surface area contributed by atoms with E-state index in [9.17, 15) is 9.59 Å². The molecule has 2 aromatic carbocycles. The van der Waals surface area contributed by atoms with E-state index < -0.39 is 11.6 Å². The van der Waals surface area contributed by atoms with Crippen molar-refractivity contribution in [2.75, 3.05) is 4.90 Å². The Labute approximate surface area is 177 Å². The van der Waals surface area contributed by atoms with Crippen LogP contribution in [0.4, 0.5) is 5.69 Å². The number of carbonyl (C=O) groups excluding carboxylic acids is 2. The minimum atomic E-state index is -0.851. The molecule has 0 saturated carbocycles. The molecule has 0 unspecified atom stereocenters. The van der Waals surface area contributed by atoms with Gasteiger partial charge >= 0.3 is 0 Å². The van der Waals surface area contributed by atoms with Gasteiger partial charge in [-0.15, -0.1) is 0 Å². The first kappa shape index (κ1) is 21.4. The molecule has 0 aliphatic carbocycles. The number of anilines is 1. The Kier molecular flexibility index (Phi) is 6.40. The van der Waals surface area contributed by atoms with Crippen LogP contribution in [-0.2, 0) is 11.2 Å². The highest BCUT2D eigenvalue weighted by atomic mass is 16.3. The van der Waals surface area contributed by atoms with E-state index in [0.29, 0.717) is 5.69 Å². The van der Waals surface area contributed by atoms with E-state index in [2.05, 4.69) is 12.2 Å². The van der Waals surface area contributed by atoms with Crippen LogP contribution in [0.2, 0.25) is 0 Å². The van der Waals surface area contributed by atoms with Crippen LogP contribution in [-0.4, -0.2) is 17.4 Å². The number of aryl methyl sites for hydroxylation is 1. The maximum atomic E-state index is 13.5. The number of hydrogen-bond acceptors (Lipinski definition) is 3. The van der Waals surface area contributed by atoms with Gasteiger partial charge in [0.2, 0.25) is 5.91 Å². The molecular formula is C25H28N2O3. The van der Waals surface area contributed by atoms with Crippen molar-refractivity contribution >= 4 is 17.5 Å². The summed E-state index contributed by atoms with van der Waals surface area (Å²) in [5, 5.41) is 3.03. The molecule has 3 rings (SSSR count). The second kappa shape index (κ2) is 8.99. The molecule has 1 N–H and O–H groups in total. The lowest BCUT2D eigenvalue weighted by Crippen LogP contribution is -2.49. The molecule has 2 amide bonds. The van der Waals surface area contributed by atoms with Crippen molar-refractivity contribution in [3.63, 3.8) is 0 Å². The average Bonchev–Trinajstić information content (AvgIpc) is 3.26. The molecule has 30 heavy (non-hydrogen) atoms. The Morgan fingerprint density at radius 1 is 0.967 bits per heavy atom. The fourth-order valence-corrected chi connectivity index (χ4v) is 3.29. The lowest BCUT2D eigenvalue weighted by atomic mass is 10.00. The predicted octanol–water partition coefficient (Wildman–Crippen LogP) is 5.14. The van der Waals surface area contributed by atoms with E-state index in [4.69, 9.17) is 4.42 Å². The fourth-order valence-electron chi connectivity index (χ4n) is 3.29. The normalized spacial score (nSPS) is 12.3. The van der Waals surface area contributed by atoms with Crippen molar-refractivity contribution in [3.05, 3.63) is 89.9 Å². The van der Waals surface area contributed by atoms with Gasteiger partial charge in [0, 0.05) is 11.2 Å². The summed E-state index contributed by atoms with van der Waals surface area (Å²) in [7, 11) is 0. The Balaban J connectivity index is 2.14. The molecule has 5 nitrogen and oxygen atoms in total. The Morgan fingerprint density at radius 2 is 1.63 bits per heavy atom. The van der Waals surface area contributed by atoms with Gasteiger partial charge < -0.3 is 9.73 Å². The highest BCUT2D eigenvalue weighted by Crippen LogP contribution is 2.30. The molecular weight excluding hydrogens is 376 g/mol. The van der Waals surface area contributed by atoms with Crippen LogP contribution in [0.5, 0.6) is 0 Å². The van der Waals surface area contributed by atoms with Gasteiger partial charge in [0.15, 0.2) is 5.76 Å². The molecule has 0 aliphatic rings. The van der Waals surface area contributed by atoms with Crippen LogP contribution < -0.4 is 10.2 Å². The summed E-state index contributed by atoms with van der Waals surface area (Å²) in [6.45, 7) is 7.83. The summed E-state index contributed by atoms with van der Waals surface area (Å²) in [4.78, 5) is 28.4. The van der Waals surface area contributed by atoms with Crippen molar-refractivity contribution in [1.29, 1.82) is 0 Å². The third kappa shape index (κ3) is 4.98. The van der Waals surface area contributed by atoms with E-state index in [1.165, 1.54) is 11.2 Å². The molecule has 3 aromatic rings. The van der Waals surface area contributed by atoms with Crippen molar-refractivity contribution in [2.45, 2.75) is 45.7 Å². The highest BCUT2D eigenvalue weighted by Gasteiger charge is 2.35. The lowest BCUT2D eigenvalue weighted by molar-refractivity contribution is -0.123. The SMILES string of the molecule is CCc1ccc(N(C(=O)c2ccco2)[C@H](C(=O)NC(C)(C)C)c2ccccc2)cc1. The van der Waals surface area contributed by atoms with Crippen LogP contribution in [0.25, 0.3) is 0 Å². The van der Waals surface area contributed by atoms with Gasteiger partial charge in [0.1, 0.15) is 6.04 Å². The molecule has 156 valence electrons. The van der Waals surface area contributed by atoms with Crippen LogP contribution in [0, 0.1) is 0 Å². The fraction of sp³-hybridized carbons (Fsp3) is 0.280. The van der Waals surface area contributed by atoms with Gasteiger partial charge in [-0.1, -0.05) is 49.4 Å². The molecule has 1 heterocycles. The number of amides is 2. The molecule has 1 aromatic heterocycles. The summed E-state index contributed by atoms with van der Waals surface area (Å²) in [5.41, 5.74) is 2.06. The monoisotopic (exact) mass is 404 g/mol. The Morgan fingerprint density at radius 3 is 2.17 bits per heavy atom. The number of carbonyl (C=O) groups is 2. The minimum Gasteiger partial charge on any atom is -0.459 e. The molecule has 0 bridgehead atoms. The predicted molar refractivity (Wildman–Crippen MR) is 118 cm³/mol. The van der Waals surface area contributed by atoms with Crippen molar-refractivity contribution in [3.8, 4) is 0 Å². The molecule has 0 spiro atoms. The molecule has 0 radical (unpaired) electrons. The van der Waals surface area contributed by atoms with Crippen molar-refractivity contribution in [2.24, 2.45) is 0 Å². The van der Waals surface area contributed by atoms with Gasteiger partial charge in [-0.2, -0.15) is 0 Å². The van der Waals surface area contributed by atoms with Crippen molar-refractivity contribution < 1.29 is 14.0 Å². The highest BCUT2D eigenvalue weighted by molar-refractivity contribution is 6.08. The number of rotatable bonds is 6. The third-order valence-electron chi connectivity index (χ3n) is 4.69. The second-order valence-corrected chi connectivity index (χ2v) is 8.22. The maximum Gasteiger partial charge on any atom is 0.294 e. The zero-order chi connectivity index (χ0) is 21.7. The molecule has 0 saturated heterocycles. The average molecular weight is 405 g/mol. The number of hydrogen-bond donors (Lipinski definition) is 1. The summed E-state index contributed by atoms with van der Waals surface area (Å²) in [6.07, 6.45) is 2.34. The topological polar surface area (TPSA) is 62.6 Å². The summed E-state index contributed by atoms with van der Waals surface area (Å²) in [5.74, 6) is -0.450. The Bertz CT molecular complexity index is 971. The third-order valence-corrected chi connectivity index (χ3v) is 4.69. The number of benzene rings is 2. The quantitative estimate of drug-likeness (QED) is 0.618. The van der Waals surface area contributed by atoms with E-state index in [1.807, 2.05) is 75.4 Å². The summed E-state index contributed by atoms with van der Waals surface area (Å²) in [6, 6.07) is 19.4. The van der Waals surface area contributed by atoms with Gasteiger partial charge in [0.25, 0.3) is 5.91 Å². The lowest BCUT2D eigenvalue weighted by Gasteiger charge is -2.33. The summed E-state index contributed by atoms with van der Waals surface area (Å²) < 4.78 is 5.39. The first-order valence-corrected chi connectivity index (χ1v) is 10.1. The summed E-state index contributed by atoms with van der Waals surface area (Å²) >= 11 is 0. The molecule has 1 atom stereocenters. The van der Waals surface area contributed by atoms with E-state index in [1.54, 1.807) is 12.1 Å².